The Labute approximate surface area is 157 Å². The van der Waals surface area contributed by atoms with Crippen LogP contribution in [0.2, 0.25) is 0 Å². The summed E-state index contributed by atoms with van der Waals surface area (Å²) in [7, 11) is 0. The topological polar surface area (TPSA) is 102 Å². The van der Waals surface area contributed by atoms with Crippen molar-refractivity contribution < 1.29 is 28.0 Å². The Bertz CT molecular complexity index is 968. The number of nitro groups is 1. The molecular weight excluding hydrogens is 376 g/mol. The first kappa shape index (κ1) is 19.2. The van der Waals surface area contributed by atoms with Crippen LogP contribution in [-0.4, -0.2) is 34.9 Å². The lowest BCUT2D eigenvalue weighted by atomic mass is 9.92. The fraction of sp³-hybridized carbons (Fsp3) is 0.222. The maximum absolute atomic E-state index is 13.5. The minimum atomic E-state index is -1.54. The van der Waals surface area contributed by atoms with Crippen LogP contribution in [0.25, 0.3) is 0 Å². The van der Waals surface area contributed by atoms with E-state index in [-0.39, 0.29) is 30.2 Å². The Balaban J connectivity index is 1.69. The van der Waals surface area contributed by atoms with Gasteiger partial charge < -0.3 is 10.1 Å². The van der Waals surface area contributed by atoms with Crippen molar-refractivity contribution in [3.05, 3.63) is 69.8 Å². The molecule has 0 bridgehead atoms. The smallest absolute Gasteiger partial charge is 0.325 e. The first-order valence-corrected chi connectivity index (χ1v) is 8.19. The van der Waals surface area contributed by atoms with Crippen LogP contribution in [0.1, 0.15) is 12.5 Å². The summed E-state index contributed by atoms with van der Waals surface area (Å²) in [5, 5.41) is 13.2. The zero-order valence-corrected chi connectivity index (χ0v) is 14.6. The number of carbonyl (C=O) groups is 2. The summed E-state index contributed by atoms with van der Waals surface area (Å²) in [4.78, 5) is 36.0. The Hall–Kier alpha value is -3.56. The monoisotopic (exact) mass is 391 g/mol. The van der Waals surface area contributed by atoms with Gasteiger partial charge in [-0.05, 0) is 30.7 Å². The van der Waals surface area contributed by atoms with Gasteiger partial charge in [0.1, 0.15) is 17.9 Å². The Morgan fingerprint density at radius 2 is 1.93 bits per heavy atom. The number of benzene rings is 2. The Morgan fingerprint density at radius 3 is 2.61 bits per heavy atom. The molecule has 10 heteroatoms. The van der Waals surface area contributed by atoms with Gasteiger partial charge in [0.2, 0.25) is 0 Å². The van der Waals surface area contributed by atoms with Gasteiger partial charge in [0.25, 0.3) is 11.6 Å². The number of ether oxygens (including phenoxy) is 1. The molecule has 3 rings (SSSR count). The van der Waals surface area contributed by atoms with E-state index in [0.29, 0.717) is 0 Å². The van der Waals surface area contributed by atoms with Crippen LogP contribution in [0.5, 0.6) is 5.75 Å². The lowest BCUT2D eigenvalue weighted by Gasteiger charge is -2.22. The standard InChI is InChI=1S/C18H15F2N3O5/c1-18(11-5-6-14(19)15(20)9-11)16(24)22(17(25)21-18)7-8-28-13-4-2-3-12(10-13)23(26)27/h2-6,9-10H,7-8H2,1H3,(H,21,25). The zero-order chi connectivity index (χ0) is 20.5. The number of hydrogen-bond donors (Lipinski definition) is 1. The first-order valence-electron chi connectivity index (χ1n) is 8.19. The van der Waals surface area contributed by atoms with Gasteiger partial charge in [-0.1, -0.05) is 12.1 Å². The summed E-state index contributed by atoms with van der Waals surface area (Å²) in [5.41, 5.74) is -1.60. The third kappa shape index (κ3) is 3.48. The Morgan fingerprint density at radius 1 is 1.18 bits per heavy atom. The van der Waals surface area contributed by atoms with Crippen molar-refractivity contribution in [2.75, 3.05) is 13.2 Å². The van der Waals surface area contributed by atoms with E-state index in [9.17, 15) is 28.5 Å². The molecule has 2 aromatic carbocycles. The molecule has 1 aliphatic rings. The fourth-order valence-corrected chi connectivity index (χ4v) is 2.84. The predicted molar refractivity (Wildman–Crippen MR) is 92.5 cm³/mol. The van der Waals surface area contributed by atoms with Crippen molar-refractivity contribution in [3.8, 4) is 5.75 Å². The largest absolute Gasteiger partial charge is 0.491 e. The normalized spacial score (nSPS) is 18.9. The molecule has 1 fully saturated rings. The van der Waals surface area contributed by atoms with Crippen molar-refractivity contribution in [1.29, 1.82) is 0 Å². The zero-order valence-electron chi connectivity index (χ0n) is 14.6. The fourth-order valence-electron chi connectivity index (χ4n) is 2.84. The van der Waals surface area contributed by atoms with Gasteiger partial charge in [-0.3, -0.25) is 19.8 Å². The summed E-state index contributed by atoms with van der Waals surface area (Å²) in [6.07, 6.45) is 0. The number of non-ortho nitro benzene ring substituents is 1. The van der Waals surface area contributed by atoms with Gasteiger partial charge in [0, 0.05) is 6.07 Å². The maximum atomic E-state index is 13.5. The van der Waals surface area contributed by atoms with Crippen LogP contribution in [0, 0.1) is 21.7 Å². The van der Waals surface area contributed by atoms with E-state index in [4.69, 9.17) is 4.74 Å². The molecule has 2 aromatic rings. The molecule has 1 saturated heterocycles. The predicted octanol–water partition coefficient (Wildman–Crippen LogP) is 2.72. The van der Waals surface area contributed by atoms with Gasteiger partial charge in [0.05, 0.1) is 17.5 Å². The third-order valence-electron chi connectivity index (χ3n) is 4.38. The van der Waals surface area contributed by atoms with Crippen molar-refractivity contribution in [2.24, 2.45) is 0 Å². The maximum Gasteiger partial charge on any atom is 0.325 e. The summed E-state index contributed by atoms with van der Waals surface area (Å²) in [5.74, 6) is -2.63. The van der Waals surface area contributed by atoms with Crippen LogP contribution >= 0.6 is 0 Å². The number of imide groups is 1. The molecule has 0 saturated carbocycles. The molecule has 3 amide bonds. The van der Waals surface area contributed by atoms with E-state index >= 15 is 0 Å². The van der Waals surface area contributed by atoms with Crippen molar-refractivity contribution in [3.63, 3.8) is 0 Å². The van der Waals surface area contributed by atoms with Crippen LogP contribution < -0.4 is 10.1 Å². The highest BCUT2D eigenvalue weighted by Gasteiger charge is 2.49. The average Bonchev–Trinajstić information content (AvgIpc) is 2.88. The van der Waals surface area contributed by atoms with E-state index in [1.54, 1.807) is 0 Å². The quantitative estimate of drug-likeness (QED) is 0.463. The number of nitrogens with zero attached hydrogens (tertiary/aromatic N) is 2. The number of carbonyl (C=O) groups excluding carboxylic acids is 2. The van der Waals surface area contributed by atoms with Crippen molar-refractivity contribution >= 4 is 17.6 Å². The average molecular weight is 391 g/mol. The van der Waals surface area contributed by atoms with Crippen molar-refractivity contribution in [2.45, 2.75) is 12.5 Å². The summed E-state index contributed by atoms with van der Waals surface area (Å²) < 4.78 is 32.1. The molecule has 1 N–H and O–H groups in total. The van der Waals surface area contributed by atoms with Gasteiger partial charge in [-0.2, -0.15) is 0 Å². The van der Waals surface area contributed by atoms with Crippen molar-refractivity contribution in [1.82, 2.24) is 10.2 Å². The molecule has 28 heavy (non-hydrogen) atoms. The summed E-state index contributed by atoms with van der Waals surface area (Å²) in [6.45, 7) is 1.15. The second-order valence-electron chi connectivity index (χ2n) is 6.24. The van der Waals surface area contributed by atoms with Crippen LogP contribution in [0.4, 0.5) is 19.3 Å². The molecule has 0 aromatic heterocycles. The number of nitro benzene ring substituents is 1. The number of hydrogen-bond acceptors (Lipinski definition) is 5. The molecule has 0 radical (unpaired) electrons. The second kappa shape index (κ2) is 7.22. The van der Waals surface area contributed by atoms with Gasteiger partial charge >= 0.3 is 6.03 Å². The SMILES string of the molecule is CC1(c2ccc(F)c(F)c2)NC(=O)N(CCOc2cccc([N+](=O)[O-])c2)C1=O. The molecule has 8 nitrogen and oxygen atoms in total. The number of halogens is 2. The first-order chi connectivity index (χ1) is 13.2. The molecule has 1 unspecified atom stereocenters. The Kier molecular flexibility index (Phi) is 4.95. The molecule has 1 heterocycles. The van der Waals surface area contributed by atoms with E-state index in [0.717, 1.165) is 17.0 Å². The minimum Gasteiger partial charge on any atom is -0.491 e. The highest BCUT2D eigenvalue weighted by Crippen LogP contribution is 2.29. The molecular formula is C18H15F2N3O5. The van der Waals surface area contributed by atoms with Crippen LogP contribution in [0.15, 0.2) is 42.5 Å². The number of amides is 3. The molecule has 1 aliphatic heterocycles. The highest BCUT2D eigenvalue weighted by molar-refractivity contribution is 6.07. The van der Waals surface area contributed by atoms with E-state index in [2.05, 4.69) is 5.32 Å². The molecule has 0 spiro atoms. The highest BCUT2D eigenvalue weighted by atomic mass is 19.2. The lowest BCUT2D eigenvalue weighted by molar-refractivity contribution is -0.384. The third-order valence-corrected chi connectivity index (χ3v) is 4.38. The number of nitrogens with one attached hydrogen (secondary N) is 1. The van der Waals surface area contributed by atoms with Crippen LogP contribution in [0.3, 0.4) is 0 Å². The molecule has 0 aliphatic carbocycles. The molecule has 1 atom stereocenters. The molecule has 146 valence electrons. The summed E-state index contributed by atoms with van der Waals surface area (Å²) in [6, 6.07) is 7.72. The summed E-state index contributed by atoms with van der Waals surface area (Å²) >= 11 is 0. The lowest BCUT2D eigenvalue weighted by Crippen LogP contribution is -2.41. The van der Waals surface area contributed by atoms with Gasteiger partial charge in [-0.15, -0.1) is 0 Å². The minimum absolute atomic E-state index is 0.103. The number of urea groups is 1. The van der Waals surface area contributed by atoms with E-state index in [1.807, 2.05) is 0 Å². The van der Waals surface area contributed by atoms with Gasteiger partial charge in [-0.25, -0.2) is 13.6 Å². The number of rotatable bonds is 6. The van der Waals surface area contributed by atoms with E-state index in [1.165, 1.54) is 37.3 Å². The van der Waals surface area contributed by atoms with E-state index < -0.39 is 34.0 Å². The second-order valence-corrected chi connectivity index (χ2v) is 6.24. The van der Waals surface area contributed by atoms with Gasteiger partial charge in [0.15, 0.2) is 11.6 Å². The van der Waals surface area contributed by atoms with Crippen LogP contribution in [-0.2, 0) is 10.3 Å².